The molecule has 1 N–H and O–H groups in total. The summed E-state index contributed by atoms with van der Waals surface area (Å²) in [5.74, 6) is -0.191. The third-order valence-electron chi connectivity index (χ3n) is 2.04. The van der Waals surface area contributed by atoms with Crippen LogP contribution in [0.5, 0.6) is 5.75 Å². The van der Waals surface area contributed by atoms with Crippen LogP contribution in [0.1, 0.15) is 21.9 Å². The molecular formula is C11H10N2O4. The molecular weight excluding hydrogens is 224 g/mol. The van der Waals surface area contributed by atoms with E-state index in [0.29, 0.717) is 11.5 Å². The Morgan fingerprint density at radius 1 is 1.53 bits per heavy atom. The minimum atomic E-state index is -1.13. The predicted molar refractivity (Wildman–Crippen MR) is 56.8 cm³/mol. The Morgan fingerprint density at radius 3 is 2.94 bits per heavy atom. The molecule has 0 aromatic carbocycles. The molecule has 0 saturated heterocycles. The molecule has 0 saturated carbocycles. The predicted octanol–water partition coefficient (Wildman–Crippen LogP) is 1.66. The number of carbonyl (C=O) groups is 1. The van der Waals surface area contributed by atoms with Crippen molar-refractivity contribution in [3.05, 3.63) is 41.5 Å². The van der Waals surface area contributed by atoms with Crippen molar-refractivity contribution < 1.29 is 19.2 Å². The molecule has 17 heavy (non-hydrogen) atoms. The Bertz CT molecular complexity index is 519. The molecule has 0 radical (unpaired) electrons. The van der Waals surface area contributed by atoms with Gasteiger partial charge in [0.05, 0.1) is 6.20 Å². The van der Waals surface area contributed by atoms with Gasteiger partial charge in [0.2, 0.25) is 0 Å². The van der Waals surface area contributed by atoms with Gasteiger partial charge in [0.1, 0.15) is 12.4 Å². The number of aromatic carboxylic acids is 1. The zero-order chi connectivity index (χ0) is 12.3. The number of hydrogen-bond donors (Lipinski definition) is 1. The van der Waals surface area contributed by atoms with Gasteiger partial charge in [-0.25, -0.2) is 4.79 Å². The molecule has 0 aliphatic heterocycles. The monoisotopic (exact) mass is 234 g/mol. The molecule has 0 atom stereocenters. The van der Waals surface area contributed by atoms with Crippen LogP contribution in [0.25, 0.3) is 0 Å². The maximum absolute atomic E-state index is 10.6. The van der Waals surface area contributed by atoms with E-state index in [0.717, 1.165) is 5.69 Å². The Kier molecular flexibility index (Phi) is 3.04. The highest BCUT2D eigenvalue weighted by molar-refractivity contribution is 5.85. The van der Waals surface area contributed by atoms with E-state index in [9.17, 15) is 4.79 Å². The fourth-order valence-electron chi connectivity index (χ4n) is 1.18. The lowest BCUT2D eigenvalue weighted by molar-refractivity contribution is 0.0685. The Labute approximate surface area is 96.8 Å². The standard InChI is InChI=1S/C11H10N2O4/c1-7-2-3-8(5-12-7)16-6-9-4-10(11(14)15)13-17-9/h2-5H,6H2,1H3,(H,14,15). The molecule has 0 aliphatic carbocycles. The minimum Gasteiger partial charge on any atom is -0.484 e. The van der Waals surface area contributed by atoms with Crippen molar-refractivity contribution in [2.24, 2.45) is 0 Å². The van der Waals surface area contributed by atoms with Crippen LogP contribution < -0.4 is 4.74 Å². The normalized spacial score (nSPS) is 10.2. The van der Waals surface area contributed by atoms with Crippen LogP contribution >= 0.6 is 0 Å². The Morgan fingerprint density at radius 2 is 2.35 bits per heavy atom. The van der Waals surface area contributed by atoms with E-state index in [2.05, 4.69) is 10.1 Å². The first-order valence-electron chi connectivity index (χ1n) is 4.89. The minimum absolute atomic E-state index is 0.116. The highest BCUT2D eigenvalue weighted by Crippen LogP contribution is 2.12. The van der Waals surface area contributed by atoms with Crippen LogP contribution in [0.2, 0.25) is 0 Å². The van der Waals surface area contributed by atoms with Crippen molar-refractivity contribution >= 4 is 5.97 Å². The molecule has 0 bridgehead atoms. The highest BCUT2D eigenvalue weighted by atomic mass is 16.5. The van der Waals surface area contributed by atoms with Crippen molar-refractivity contribution in [3.8, 4) is 5.75 Å². The fourth-order valence-corrected chi connectivity index (χ4v) is 1.18. The van der Waals surface area contributed by atoms with Gasteiger partial charge in [0.25, 0.3) is 0 Å². The third-order valence-corrected chi connectivity index (χ3v) is 2.04. The number of rotatable bonds is 4. The van der Waals surface area contributed by atoms with Gasteiger partial charge in [-0.05, 0) is 19.1 Å². The molecule has 2 rings (SSSR count). The molecule has 6 nitrogen and oxygen atoms in total. The van der Waals surface area contributed by atoms with Gasteiger partial charge >= 0.3 is 5.97 Å². The number of carboxylic acid groups (broad SMARTS) is 1. The number of nitrogens with zero attached hydrogens (tertiary/aromatic N) is 2. The topological polar surface area (TPSA) is 85.5 Å². The first kappa shape index (κ1) is 11.1. The average molecular weight is 234 g/mol. The van der Waals surface area contributed by atoms with E-state index in [1.54, 1.807) is 12.3 Å². The number of aromatic nitrogens is 2. The molecule has 88 valence electrons. The molecule has 0 fully saturated rings. The number of ether oxygens (including phenoxy) is 1. The number of carboxylic acids is 1. The summed E-state index contributed by atoms with van der Waals surface area (Å²) in [4.78, 5) is 14.6. The summed E-state index contributed by atoms with van der Waals surface area (Å²) in [5.41, 5.74) is 0.760. The first-order chi connectivity index (χ1) is 8.15. The van der Waals surface area contributed by atoms with Crippen LogP contribution in [0.15, 0.2) is 28.9 Å². The highest BCUT2D eigenvalue weighted by Gasteiger charge is 2.10. The summed E-state index contributed by atoms with van der Waals surface area (Å²) >= 11 is 0. The zero-order valence-electron chi connectivity index (χ0n) is 9.08. The molecule has 0 unspecified atom stereocenters. The van der Waals surface area contributed by atoms with Gasteiger partial charge < -0.3 is 14.4 Å². The summed E-state index contributed by atoms with van der Waals surface area (Å²) in [5, 5.41) is 12.0. The second-order valence-corrected chi connectivity index (χ2v) is 3.41. The SMILES string of the molecule is Cc1ccc(OCc2cc(C(=O)O)no2)cn1. The van der Waals surface area contributed by atoms with Crippen LogP contribution in [0.3, 0.4) is 0 Å². The second kappa shape index (κ2) is 4.65. The smallest absolute Gasteiger partial charge is 0.358 e. The maximum Gasteiger partial charge on any atom is 0.358 e. The van der Waals surface area contributed by atoms with Crippen molar-refractivity contribution in [2.75, 3.05) is 0 Å². The Hall–Kier alpha value is -2.37. The van der Waals surface area contributed by atoms with E-state index in [1.165, 1.54) is 6.07 Å². The number of aryl methyl sites for hydroxylation is 1. The van der Waals surface area contributed by atoms with Gasteiger partial charge in [-0.15, -0.1) is 0 Å². The number of pyridine rings is 1. The van der Waals surface area contributed by atoms with Gasteiger partial charge in [0, 0.05) is 11.8 Å². The van der Waals surface area contributed by atoms with E-state index in [1.807, 2.05) is 13.0 Å². The molecule has 0 aliphatic rings. The molecule has 0 spiro atoms. The molecule has 2 aromatic heterocycles. The molecule has 6 heteroatoms. The quantitative estimate of drug-likeness (QED) is 0.865. The van der Waals surface area contributed by atoms with E-state index >= 15 is 0 Å². The summed E-state index contributed by atoms with van der Waals surface area (Å²) in [6.45, 7) is 1.99. The van der Waals surface area contributed by atoms with Gasteiger partial charge in [-0.2, -0.15) is 0 Å². The van der Waals surface area contributed by atoms with Gasteiger partial charge in [-0.1, -0.05) is 5.16 Å². The Balaban J connectivity index is 1.97. The second-order valence-electron chi connectivity index (χ2n) is 3.41. The summed E-state index contributed by atoms with van der Waals surface area (Å²) < 4.78 is 10.1. The summed E-state index contributed by atoms with van der Waals surface area (Å²) in [6, 6.07) is 4.92. The fraction of sp³-hybridized carbons (Fsp3) is 0.182. The lowest BCUT2D eigenvalue weighted by atomic mass is 10.3. The largest absolute Gasteiger partial charge is 0.484 e. The van der Waals surface area contributed by atoms with E-state index in [4.69, 9.17) is 14.4 Å². The van der Waals surface area contributed by atoms with Crippen molar-refractivity contribution in [3.63, 3.8) is 0 Å². The van der Waals surface area contributed by atoms with Crippen LogP contribution in [0, 0.1) is 6.92 Å². The van der Waals surface area contributed by atoms with Crippen molar-refractivity contribution in [1.82, 2.24) is 10.1 Å². The van der Waals surface area contributed by atoms with Crippen LogP contribution in [0.4, 0.5) is 0 Å². The van der Waals surface area contributed by atoms with E-state index in [-0.39, 0.29) is 12.3 Å². The van der Waals surface area contributed by atoms with Crippen molar-refractivity contribution in [1.29, 1.82) is 0 Å². The van der Waals surface area contributed by atoms with Gasteiger partial charge in [0.15, 0.2) is 11.5 Å². The first-order valence-corrected chi connectivity index (χ1v) is 4.89. The molecule has 2 aromatic rings. The molecule has 2 heterocycles. The summed E-state index contributed by atoms with van der Waals surface area (Å²) in [7, 11) is 0. The summed E-state index contributed by atoms with van der Waals surface area (Å²) in [6.07, 6.45) is 1.59. The number of hydrogen-bond acceptors (Lipinski definition) is 5. The van der Waals surface area contributed by atoms with Crippen LogP contribution in [-0.2, 0) is 6.61 Å². The lowest BCUT2D eigenvalue weighted by Crippen LogP contribution is -1.96. The average Bonchev–Trinajstić information content (AvgIpc) is 2.77. The lowest BCUT2D eigenvalue weighted by Gasteiger charge is -2.02. The van der Waals surface area contributed by atoms with Crippen molar-refractivity contribution in [2.45, 2.75) is 13.5 Å². The van der Waals surface area contributed by atoms with E-state index < -0.39 is 5.97 Å². The third kappa shape index (κ3) is 2.81. The zero-order valence-corrected chi connectivity index (χ0v) is 9.08. The maximum atomic E-state index is 10.6. The van der Waals surface area contributed by atoms with Gasteiger partial charge in [-0.3, -0.25) is 4.98 Å². The van der Waals surface area contributed by atoms with Crippen LogP contribution in [-0.4, -0.2) is 21.2 Å². The molecule has 0 amide bonds.